The summed E-state index contributed by atoms with van der Waals surface area (Å²) in [5.41, 5.74) is 0. The number of aliphatic imine (C=N–C) groups is 1. The number of nitrogens with zero attached hydrogens (tertiary/aromatic N) is 5. The molecule has 1 rings (SSSR count). The molecule has 1 aromatic heterocycles. The second-order valence-corrected chi connectivity index (χ2v) is 5.06. The van der Waals surface area contributed by atoms with Crippen LogP contribution in [0, 0.1) is 0 Å². The molecule has 0 saturated heterocycles. The molecule has 0 bridgehead atoms. The van der Waals surface area contributed by atoms with Crippen LogP contribution in [0.5, 0.6) is 0 Å². The largest absolute Gasteiger partial charge is 0.354 e. The van der Waals surface area contributed by atoms with Gasteiger partial charge in [0.25, 0.3) is 0 Å². The van der Waals surface area contributed by atoms with E-state index in [-0.39, 0.29) is 42.5 Å². The van der Waals surface area contributed by atoms with E-state index in [1.165, 1.54) is 11.2 Å². The normalized spacial score (nSPS) is 12.3. The molecule has 0 aliphatic heterocycles. The highest BCUT2D eigenvalue weighted by Gasteiger charge is 2.08. The number of hydrogen-bond donors (Lipinski definition) is 2. The first-order valence-corrected chi connectivity index (χ1v) is 7.01. The Morgan fingerprint density at radius 3 is 2.68 bits per heavy atom. The molecule has 1 unspecified atom stereocenters. The highest BCUT2D eigenvalue weighted by Crippen LogP contribution is 1.94. The first kappa shape index (κ1) is 20.6. The van der Waals surface area contributed by atoms with Crippen molar-refractivity contribution in [3.63, 3.8) is 0 Å². The van der Waals surface area contributed by atoms with Gasteiger partial charge in [0.15, 0.2) is 5.96 Å². The van der Waals surface area contributed by atoms with Crippen molar-refractivity contribution in [3.8, 4) is 0 Å². The van der Waals surface area contributed by atoms with Crippen LogP contribution >= 0.6 is 24.0 Å². The summed E-state index contributed by atoms with van der Waals surface area (Å²) in [5.74, 6) is 1.36. The van der Waals surface area contributed by atoms with Crippen LogP contribution in [0.3, 0.4) is 0 Å². The number of carbonyl (C=O) groups is 1. The van der Waals surface area contributed by atoms with Crippen LogP contribution < -0.4 is 10.6 Å². The fourth-order valence-corrected chi connectivity index (χ4v) is 1.42. The fourth-order valence-electron chi connectivity index (χ4n) is 1.42. The van der Waals surface area contributed by atoms with Crippen molar-refractivity contribution in [3.05, 3.63) is 12.2 Å². The van der Waals surface area contributed by atoms with Crippen LogP contribution in [0.15, 0.2) is 11.3 Å². The third kappa shape index (κ3) is 7.05. The Morgan fingerprint density at radius 1 is 1.50 bits per heavy atom. The number of aromatic nitrogens is 3. The number of guanidine groups is 1. The first-order chi connectivity index (χ1) is 9.93. The summed E-state index contributed by atoms with van der Waals surface area (Å²) in [5, 5.41) is 10.3. The van der Waals surface area contributed by atoms with E-state index in [0.717, 1.165) is 12.2 Å². The van der Waals surface area contributed by atoms with Crippen LogP contribution in [0.1, 0.15) is 26.1 Å². The number of likely N-dealkylation sites (N-methyl/N-ethyl adjacent to an activating group) is 1. The first-order valence-electron chi connectivity index (χ1n) is 7.01. The molecule has 1 amide bonds. The lowest BCUT2D eigenvalue weighted by Gasteiger charge is -2.18. The minimum Gasteiger partial charge on any atom is -0.354 e. The zero-order valence-corrected chi connectivity index (χ0v) is 16.2. The third-order valence-corrected chi connectivity index (χ3v) is 3.09. The zero-order valence-electron chi connectivity index (χ0n) is 13.8. The maximum atomic E-state index is 11.6. The van der Waals surface area contributed by atoms with Crippen molar-refractivity contribution in [1.82, 2.24) is 30.3 Å². The Balaban J connectivity index is 0.00000441. The molecule has 1 heterocycles. The molecule has 0 spiro atoms. The molecule has 8 nitrogen and oxygen atoms in total. The molecule has 0 aliphatic rings. The van der Waals surface area contributed by atoms with Gasteiger partial charge in [-0.1, -0.05) is 6.92 Å². The Hall–Kier alpha value is -1.39. The van der Waals surface area contributed by atoms with Gasteiger partial charge in [-0.3, -0.25) is 9.48 Å². The highest BCUT2D eigenvalue weighted by atomic mass is 127. The van der Waals surface area contributed by atoms with Crippen molar-refractivity contribution in [2.24, 2.45) is 12.0 Å². The van der Waals surface area contributed by atoms with Crippen LogP contribution in [0.4, 0.5) is 0 Å². The zero-order chi connectivity index (χ0) is 15.8. The molecule has 9 heteroatoms. The number of carbonyl (C=O) groups excluding carboxylic acids is 1. The van der Waals surface area contributed by atoms with E-state index in [2.05, 4.69) is 39.6 Å². The summed E-state index contributed by atoms with van der Waals surface area (Å²) in [6.07, 6.45) is 2.46. The number of hydrogen-bond acceptors (Lipinski definition) is 4. The Kier molecular flexibility index (Phi) is 9.70. The van der Waals surface area contributed by atoms with Gasteiger partial charge in [-0.2, -0.15) is 5.10 Å². The molecule has 0 aliphatic carbocycles. The third-order valence-electron chi connectivity index (χ3n) is 3.09. The molecular weight excluding hydrogens is 397 g/mol. The van der Waals surface area contributed by atoms with Crippen molar-refractivity contribution in [2.75, 3.05) is 20.6 Å². The van der Waals surface area contributed by atoms with Crippen LogP contribution in [-0.2, 0) is 18.4 Å². The molecule has 0 saturated carbocycles. The highest BCUT2D eigenvalue weighted by molar-refractivity contribution is 14.0. The quantitative estimate of drug-likeness (QED) is 0.392. The lowest BCUT2D eigenvalue weighted by Crippen LogP contribution is -2.45. The Morgan fingerprint density at radius 2 is 2.18 bits per heavy atom. The topological polar surface area (TPSA) is 87.4 Å². The molecule has 0 radical (unpaired) electrons. The number of nitrogens with one attached hydrogen (secondary N) is 2. The van der Waals surface area contributed by atoms with E-state index < -0.39 is 0 Å². The smallest absolute Gasteiger partial charge is 0.241 e. The molecule has 1 atom stereocenters. The van der Waals surface area contributed by atoms with Crippen LogP contribution in [-0.4, -0.2) is 58.2 Å². The van der Waals surface area contributed by atoms with Gasteiger partial charge in [0.2, 0.25) is 5.91 Å². The van der Waals surface area contributed by atoms with Crippen molar-refractivity contribution < 1.29 is 4.79 Å². The maximum Gasteiger partial charge on any atom is 0.241 e. The predicted octanol–water partition coefficient (Wildman–Crippen LogP) is 0.355. The van der Waals surface area contributed by atoms with Gasteiger partial charge < -0.3 is 15.5 Å². The van der Waals surface area contributed by atoms with E-state index in [9.17, 15) is 4.79 Å². The summed E-state index contributed by atoms with van der Waals surface area (Å²) in [6, 6.07) is 0.269. The number of rotatable bonds is 6. The number of amides is 1. The summed E-state index contributed by atoms with van der Waals surface area (Å²) in [7, 11) is 5.27. The summed E-state index contributed by atoms with van der Waals surface area (Å²) >= 11 is 0. The monoisotopic (exact) mass is 423 g/mol. The second kappa shape index (κ2) is 10.4. The summed E-state index contributed by atoms with van der Waals surface area (Å²) < 4.78 is 1.68. The van der Waals surface area contributed by atoms with Gasteiger partial charge in [0.1, 0.15) is 18.7 Å². The van der Waals surface area contributed by atoms with Gasteiger partial charge in [0.05, 0.1) is 6.54 Å². The van der Waals surface area contributed by atoms with E-state index in [4.69, 9.17) is 0 Å². The van der Waals surface area contributed by atoms with Gasteiger partial charge in [-0.25, -0.2) is 9.98 Å². The van der Waals surface area contributed by atoms with Crippen molar-refractivity contribution in [2.45, 2.75) is 32.9 Å². The van der Waals surface area contributed by atoms with Gasteiger partial charge in [-0.05, 0) is 13.3 Å². The van der Waals surface area contributed by atoms with Gasteiger partial charge >= 0.3 is 0 Å². The Labute approximate surface area is 148 Å². The molecular formula is C13H26IN7O. The van der Waals surface area contributed by atoms with E-state index in [0.29, 0.717) is 12.5 Å². The van der Waals surface area contributed by atoms with Gasteiger partial charge in [-0.15, -0.1) is 24.0 Å². The maximum absolute atomic E-state index is 11.6. The van der Waals surface area contributed by atoms with Crippen molar-refractivity contribution in [1.29, 1.82) is 0 Å². The van der Waals surface area contributed by atoms with E-state index in [1.54, 1.807) is 18.8 Å². The lowest BCUT2D eigenvalue weighted by atomic mass is 10.3. The molecule has 0 aromatic carbocycles. The van der Waals surface area contributed by atoms with Crippen LogP contribution in [0.2, 0.25) is 0 Å². The predicted molar refractivity (Wildman–Crippen MR) is 97.1 cm³/mol. The Bertz CT molecular complexity index is 486. The van der Waals surface area contributed by atoms with E-state index in [1.807, 2.05) is 7.05 Å². The molecule has 2 N–H and O–H groups in total. The number of halogens is 1. The SMILES string of the molecule is CCC(C)NC(=NCc1ncnn1C)NCC(=O)N(C)C.I. The molecule has 1 aromatic rings. The standard InChI is InChI=1S/C13H25N7O.HI/c1-6-10(2)18-13(15-8-12(21)19(3)4)14-7-11-16-9-17-20(11)5;/h9-10H,6-8H2,1-5H3,(H2,14,15,18);1H. The second-order valence-electron chi connectivity index (χ2n) is 5.06. The summed E-state index contributed by atoms with van der Waals surface area (Å²) in [6.45, 7) is 4.75. The van der Waals surface area contributed by atoms with Crippen LogP contribution in [0.25, 0.3) is 0 Å². The van der Waals surface area contributed by atoms with Crippen molar-refractivity contribution >= 4 is 35.8 Å². The minimum atomic E-state index is -0.00712. The minimum absolute atomic E-state index is 0. The molecule has 22 heavy (non-hydrogen) atoms. The lowest BCUT2D eigenvalue weighted by molar-refractivity contribution is -0.127. The van der Waals surface area contributed by atoms with E-state index >= 15 is 0 Å². The van der Waals surface area contributed by atoms with Gasteiger partial charge in [0, 0.05) is 27.2 Å². The summed E-state index contributed by atoms with van der Waals surface area (Å²) in [4.78, 5) is 21.8. The average Bonchev–Trinajstić information content (AvgIpc) is 2.86. The molecule has 126 valence electrons. The number of aryl methyl sites for hydroxylation is 1. The fraction of sp³-hybridized carbons (Fsp3) is 0.692. The average molecular weight is 423 g/mol. The molecule has 0 fully saturated rings.